The van der Waals surface area contributed by atoms with Crippen molar-refractivity contribution >= 4 is 5.97 Å². The maximum Gasteiger partial charge on any atom is 0.327 e. The van der Waals surface area contributed by atoms with Crippen LogP contribution in [0.5, 0.6) is 0 Å². The van der Waals surface area contributed by atoms with E-state index in [0.717, 1.165) is 12.8 Å². The van der Waals surface area contributed by atoms with Crippen LogP contribution in [-0.4, -0.2) is 11.1 Å². The van der Waals surface area contributed by atoms with Gasteiger partial charge in [0, 0.05) is 22.9 Å². The first-order valence-electron chi connectivity index (χ1n) is 8.67. The van der Waals surface area contributed by atoms with Crippen LogP contribution in [0.3, 0.4) is 0 Å². The van der Waals surface area contributed by atoms with Gasteiger partial charge in [-0.1, -0.05) is 90.0 Å². The molecule has 0 heterocycles. The molecule has 0 spiro atoms. The van der Waals surface area contributed by atoms with E-state index in [4.69, 9.17) is 5.11 Å². The van der Waals surface area contributed by atoms with E-state index in [1.165, 1.54) is 83.1 Å². The largest absolute Gasteiger partial charge is 0.478 e. The number of allylic oxidation sites excluding steroid dienone is 1. The molecule has 3 heteroatoms. The van der Waals surface area contributed by atoms with E-state index in [2.05, 4.69) is 6.92 Å². The van der Waals surface area contributed by atoms with Gasteiger partial charge in [0.25, 0.3) is 0 Å². The zero-order chi connectivity index (χ0) is 14.9. The third-order valence-electron chi connectivity index (χ3n) is 3.73. The zero-order valence-corrected chi connectivity index (χ0v) is 14.8. The Morgan fingerprint density at radius 3 is 1.52 bits per heavy atom. The second kappa shape index (κ2) is 19.7. The smallest absolute Gasteiger partial charge is 0.327 e. The molecule has 0 aromatic heterocycles. The maximum absolute atomic E-state index is 10.2. The molecule has 127 valence electrons. The molecular formula is C18H34CoO2. The summed E-state index contributed by atoms with van der Waals surface area (Å²) in [7, 11) is 0. The molecule has 0 aliphatic carbocycles. The molecule has 0 bridgehead atoms. The van der Waals surface area contributed by atoms with Gasteiger partial charge >= 0.3 is 5.97 Å². The third-order valence-corrected chi connectivity index (χ3v) is 3.73. The molecule has 0 amide bonds. The Balaban J connectivity index is 0. The molecule has 0 unspecified atom stereocenters. The second-order valence-electron chi connectivity index (χ2n) is 5.77. The van der Waals surface area contributed by atoms with Crippen LogP contribution in [0.4, 0.5) is 0 Å². The number of rotatable bonds is 15. The third kappa shape index (κ3) is 22.1. The van der Waals surface area contributed by atoms with Crippen LogP contribution in [0.25, 0.3) is 0 Å². The first-order chi connectivity index (χ1) is 9.77. The zero-order valence-electron chi connectivity index (χ0n) is 13.7. The van der Waals surface area contributed by atoms with Crippen LogP contribution in [0.1, 0.15) is 96.8 Å². The van der Waals surface area contributed by atoms with Crippen molar-refractivity contribution in [2.24, 2.45) is 0 Å². The summed E-state index contributed by atoms with van der Waals surface area (Å²) in [4.78, 5) is 10.2. The topological polar surface area (TPSA) is 37.3 Å². The SMILES string of the molecule is CCCCCCCCCCCCCCCC=CC(=O)O.[Co]. The number of carboxylic acid groups (broad SMARTS) is 1. The standard InChI is InChI=1S/C18H34O2.Co/c1-2-3-4-5-6-7-8-9-10-11-12-13-14-15-16-17-18(19)20;/h16-17H,2-15H2,1H3,(H,19,20);. The monoisotopic (exact) mass is 341 g/mol. The average molecular weight is 341 g/mol. The molecule has 0 atom stereocenters. The first-order valence-corrected chi connectivity index (χ1v) is 8.67. The molecule has 2 nitrogen and oxygen atoms in total. The van der Waals surface area contributed by atoms with E-state index in [9.17, 15) is 4.79 Å². The van der Waals surface area contributed by atoms with Crippen molar-refractivity contribution in [2.45, 2.75) is 96.8 Å². The summed E-state index contributed by atoms with van der Waals surface area (Å²) in [5.74, 6) is -0.834. The van der Waals surface area contributed by atoms with Gasteiger partial charge < -0.3 is 5.11 Å². The van der Waals surface area contributed by atoms with Gasteiger partial charge in [-0.3, -0.25) is 0 Å². The molecule has 1 N–H and O–H groups in total. The van der Waals surface area contributed by atoms with E-state index in [1.54, 1.807) is 6.08 Å². The fourth-order valence-electron chi connectivity index (χ4n) is 2.46. The molecule has 0 aliphatic rings. The Kier molecular flexibility index (Phi) is 21.6. The molecule has 0 saturated carbocycles. The predicted octanol–water partition coefficient (Wildman–Crippen LogP) is 6.11. The summed E-state index contributed by atoms with van der Waals surface area (Å²) in [6.07, 6.45) is 21.6. The summed E-state index contributed by atoms with van der Waals surface area (Å²) in [6.45, 7) is 2.27. The summed E-state index contributed by atoms with van der Waals surface area (Å²) in [6, 6.07) is 0. The fourth-order valence-corrected chi connectivity index (χ4v) is 2.46. The number of carboxylic acids is 1. The Labute approximate surface area is 142 Å². The Bertz CT molecular complexity index is 239. The molecule has 21 heavy (non-hydrogen) atoms. The molecule has 0 rings (SSSR count). The van der Waals surface area contributed by atoms with Crippen molar-refractivity contribution in [3.05, 3.63) is 12.2 Å². The minimum atomic E-state index is -0.834. The summed E-state index contributed by atoms with van der Waals surface area (Å²) < 4.78 is 0. The molecular weight excluding hydrogens is 307 g/mol. The van der Waals surface area contributed by atoms with Crippen molar-refractivity contribution in [2.75, 3.05) is 0 Å². The van der Waals surface area contributed by atoms with Crippen LogP contribution in [0.15, 0.2) is 12.2 Å². The van der Waals surface area contributed by atoms with Crippen molar-refractivity contribution in [3.8, 4) is 0 Å². The van der Waals surface area contributed by atoms with Gasteiger partial charge in [-0.05, 0) is 12.8 Å². The van der Waals surface area contributed by atoms with Gasteiger partial charge in [0.05, 0.1) is 0 Å². The van der Waals surface area contributed by atoms with Crippen molar-refractivity contribution in [1.29, 1.82) is 0 Å². The number of hydrogen-bond acceptors (Lipinski definition) is 1. The van der Waals surface area contributed by atoms with Gasteiger partial charge in [0.15, 0.2) is 0 Å². The van der Waals surface area contributed by atoms with E-state index in [1.807, 2.05) is 0 Å². The number of hydrogen-bond donors (Lipinski definition) is 1. The van der Waals surface area contributed by atoms with Gasteiger partial charge in [-0.15, -0.1) is 0 Å². The van der Waals surface area contributed by atoms with Crippen LogP contribution in [-0.2, 0) is 21.6 Å². The Hall–Kier alpha value is -0.284. The molecule has 0 aromatic rings. The molecule has 0 saturated heterocycles. The van der Waals surface area contributed by atoms with Crippen LogP contribution in [0, 0.1) is 0 Å². The number of aliphatic carboxylic acids is 1. The van der Waals surface area contributed by atoms with Gasteiger partial charge in [-0.25, -0.2) is 4.79 Å². The van der Waals surface area contributed by atoms with Crippen molar-refractivity contribution in [1.82, 2.24) is 0 Å². The Morgan fingerprint density at radius 1 is 0.762 bits per heavy atom. The normalized spacial score (nSPS) is 10.7. The Morgan fingerprint density at radius 2 is 1.14 bits per heavy atom. The van der Waals surface area contributed by atoms with Crippen LogP contribution in [0.2, 0.25) is 0 Å². The average Bonchev–Trinajstić information content (AvgIpc) is 2.43. The van der Waals surface area contributed by atoms with Gasteiger partial charge in [0.1, 0.15) is 0 Å². The summed E-state index contributed by atoms with van der Waals surface area (Å²) in [5, 5.41) is 8.43. The number of carbonyl (C=O) groups is 1. The molecule has 0 fully saturated rings. The minimum absolute atomic E-state index is 0. The number of unbranched alkanes of at least 4 members (excludes halogenated alkanes) is 13. The van der Waals surface area contributed by atoms with Crippen LogP contribution >= 0.6 is 0 Å². The van der Waals surface area contributed by atoms with Crippen LogP contribution < -0.4 is 0 Å². The molecule has 1 radical (unpaired) electrons. The summed E-state index contributed by atoms with van der Waals surface area (Å²) >= 11 is 0. The van der Waals surface area contributed by atoms with E-state index in [0.29, 0.717) is 0 Å². The quantitative estimate of drug-likeness (QED) is 0.288. The predicted molar refractivity (Wildman–Crippen MR) is 87.1 cm³/mol. The fraction of sp³-hybridized carbons (Fsp3) is 0.833. The van der Waals surface area contributed by atoms with E-state index >= 15 is 0 Å². The molecule has 0 aliphatic heterocycles. The second-order valence-corrected chi connectivity index (χ2v) is 5.77. The van der Waals surface area contributed by atoms with E-state index < -0.39 is 5.97 Å². The van der Waals surface area contributed by atoms with Crippen molar-refractivity contribution < 1.29 is 26.7 Å². The summed E-state index contributed by atoms with van der Waals surface area (Å²) in [5.41, 5.74) is 0. The first kappa shape index (κ1) is 23.0. The van der Waals surface area contributed by atoms with Crippen molar-refractivity contribution in [3.63, 3.8) is 0 Å². The molecule has 0 aromatic carbocycles. The maximum atomic E-state index is 10.2. The minimum Gasteiger partial charge on any atom is -0.478 e. The van der Waals surface area contributed by atoms with Gasteiger partial charge in [0.2, 0.25) is 0 Å². The van der Waals surface area contributed by atoms with E-state index in [-0.39, 0.29) is 16.8 Å². The van der Waals surface area contributed by atoms with Gasteiger partial charge in [-0.2, -0.15) is 0 Å².